The van der Waals surface area contributed by atoms with Gasteiger partial charge in [0.2, 0.25) is 0 Å². The summed E-state index contributed by atoms with van der Waals surface area (Å²) in [4.78, 5) is 4.39. The van der Waals surface area contributed by atoms with Gasteiger partial charge in [-0.05, 0) is 37.6 Å². The van der Waals surface area contributed by atoms with Crippen LogP contribution < -0.4 is 5.32 Å². The van der Waals surface area contributed by atoms with E-state index >= 15 is 0 Å². The van der Waals surface area contributed by atoms with E-state index in [4.69, 9.17) is 0 Å². The lowest BCUT2D eigenvalue weighted by Crippen LogP contribution is -2.16. The molecular formula is C17H19N7O. The SMILES string of the molecule is CNc1cn2nc(Cc3nnc4ccc(C(C)(C)O)cn34)ccc2n1. The maximum atomic E-state index is 10.2. The number of pyridine rings is 1. The first-order valence-electron chi connectivity index (χ1n) is 8.03. The van der Waals surface area contributed by atoms with Crippen molar-refractivity contribution in [3.63, 3.8) is 0 Å². The molecule has 0 atom stereocenters. The van der Waals surface area contributed by atoms with Crippen molar-refractivity contribution < 1.29 is 5.11 Å². The molecule has 4 rings (SSSR count). The molecule has 0 radical (unpaired) electrons. The normalized spacial score (nSPS) is 12.2. The average molecular weight is 337 g/mol. The summed E-state index contributed by atoms with van der Waals surface area (Å²) in [5.41, 5.74) is 2.26. The summed E-state index contributed by atoms with van der Waals surface area (Å²) < 4.78 is 3.64. The maximum absolute atomic E-state index is 10.2. The minimum Gasteiger partial charge on any atom is -0.386 e. The molecule has 0 saturated carbocycles. The Kier molecular flexibility index (Phi) is 3.43. The van der Waals surface area contributed by atoms with E-state index in [1.807, 2.05) is 48.1 Å². The van der Waals surface area contributed by atoms with Crippen LogP contribution in [-0.4, -0.2) is 41.4 Å². The Morgan fingerprint density at radius 2 is 1.88 bits per heavy atom. The number of anilines is 1. The van der Waals surface area contributed by atoms with E-state index < -0.39 is 5.60 Å². The van der Waals surface area contributed by atoms with Crippen molar-refractivity contribution in [2.45, 2.75) is 25.9 Å². The van der Waals surface area contributed by atoms with E-state index in [1.165, 1.54) is 0 Å². The fourth-order valence-corrected chi connectivity index (χ4v) is 2.72. The van der Waals surface area contributed by atoms with Gasteiger partial charge in [-0.15, -0.1) is 10.2 Å². The Balaban J connectivity index is 1.72. The molecule has 0 unspecified atom stereocenters. The zero-order valence-corrected chi connectivity index (χ0v) is 14.3. The van der Waals surface area contributed by atoms with Crippen molar-refractivity contribution in [3.8, 4) is 0 Å². The van der Waals surface area contributed by atoms with Gasteiger partial charge >= 0.3 is 0 Å². The third-order valence-corrected chi connectivity index (χ3v) is 4.15. The molecule has 25 heavy (non-hydrogen) atoms. The van der Waals surface area contributed by atoms with Crippen LogP contribution in [0.4, 0.5) is 5.82 Å². The van der Waals surface area contributed by atoms with E-state index in [9.17, 15) is 5.11 Å². The van der Waals surface area contributed by atoms with Gasteiger partial charge in [0.25, 0.3) is 0 Å². The molecule has 4 aromatic rings. The Morgan fingerprint density at radius 3 is 2.64 bits per heavy atom. The second kappa shape index (κ2) is 5.52. The number of hydrogen-bond donors (Lipinski definition) is 2. The van der Waals surface area contributed by atoms with Crippen LogP contribution in [-0.2, 0) is 12.0 Å². The van der Waals surface area contributed by atoms with E-state index in [-0.39, 0.29) is 0 Å². The van der Waals surface area contributed by atoms with Crippen LogP contribution in [0.25, 0.3) is 11.3 Å². The van der Waals surface area contributed by atoms with Crippen LogP contribution in [0.2, 0.25) is 0 Å². The van der Waals surface area contributed by atoms with Crippen molar-refractivity contribution in [3.05, 3.63) is 53.7 Å². The number of fused-ring (bicyclic) bond motifs is 2. The summed E-state index contributed by atoms with van der Waals surface area (Å²) in [7, 11) is 1.82. The minimum absolute atomic E-state index is 0.527. The molecule has 8 heteroatoms. The third kappa shape index (κ3) is 2.80. The predicted octanol–water partition coefficient (Wildman–Crippen LogP) is 1.63. The lowest BCUT2D eigenvalue weighted by Gasteiger charge is -2.17. The quantitative estimate of drug-likeness (QED) is 0.588. The van der Waals surface area contributed by atoms with E-state index in [2.05, 4.69) is 25.6 Å². The first-order chi connectivity index (χ1) is 11.9. The molecule has 0 amide bonds. The number of aromatic nitrogens is 6. The van der Waals surface area contributed by atoms with E-state index in [0.717, 1.165) is 34.2 Å². The summed E-state index contributed by atoms with van der Waals surface area (Å²) in [6, 6.07) is 7.58. The molecule has 8 nitrogen and oxygen atoms in total. The Bertz CT molecular complexity index is 1060. The van der Waals surface area contributed by atoms with Gasteiger partial charge in [0, 0.05) is 13.2 Å². The monoisotopic (exact) mass is 337 g/mol. The van der Waals surface area contributed by atoms with Gasteiger partial charge in [0.05, 0.1) is 23.9 Å². The molecule has 0 aliphatic carbocycles. The van der Waals surface area contributed by atoms with Gasteiger partial charge in [-0.1, -0.05) is 6.07 Å². The Hall–Kier alpha value is -3.00. The molecule has 0 aliphatic rings. The van der Waals surface area contributed by atoms with Crippen LogP contribution in [0.15, 0.2) is 36.7 Å². The van der Waals surface area contributed by atoms with Crippen LogP contribution >= 0.6 is 0 Å². The largest absolute Gasteiger partial charge is 0.386 e. The highest BCUT2D eigenvalue weighted by molar-refractivity contribution is 5.47. The van der Waals surface area contributed by atoms with Gasteiger partial charge in [-0.25, -0.2) is 9.50 Å². The fourth-order valence-electron chi connectivity index (χ4n) is 2.72. The molecule has 2 N–H and O–H groups in total. The van der Waals surface area contributed by atoms with Crippen molar-refractivity contribution in [2.75, 3.05) is 12.4 Å². The van der Waals surface area contributed by atoms with Gasteiger partial charge in [0.1, 0.15) is 11.6 Å². The van der Waals surface area contributed by atoms with E-state index in [1.54, 1.807) is 18.4 Å². The Labute approximate surface area is 144 Å². The van der Waals surface area contributed by atoms with Crippen LogP contribution in [0.1, 0.15) is 30.9 Å². The fraction of sp³-hybridized carbons (Fsp3) is 0.294. The van der Waals surface area contributed by atoms with Crippen molar-refractivity contribution >= 4 is 17.1 Å². The van der Waals surface area contributed by atoms with Crippen LogP contribution in [0.5, 0.6) is 0 Å². The second-order valence-electron chi connectivity index (χ2n) is 6.50. The molecule has 0 bridgehead atoms. The molecule has 0 aliphatic heterocycles. The van der Waals surface area contributed by atoms with Gasteiger partial charge in [-0.2, -0.15) is 5.10 Å². The van der Waals surface area contributed by atoms with Crippen molar-refractivity contribution in [2.24, 2.45) is 0 Å². The predicted molar refractivity (Wildman–Crippen MR) is 93.6 cm³/mol. The summed E-state index contributed by atoms with van der Waals surface area (Å²) in [5.74, 6) is 1.54. The standard InChI is InChI=1S/C17H19N7O/c1-17(2,25)11-4-6-15-20-21-16(23(15)9-11)8-12-5-7-14-19-13(18-3)10-24(14)22-12/h4-7,9-10,18,25H,8H2,1-3H3. The molecule has 0 aromatic carbocycles. The molecular weight excluding hydrogens is 318 g/mol. The topological polar surface area (TPSA) is 92.6 Å². The lowest BCUT2D eigenvalue weighted by atomic mass is 10.0. The summed E-state index contributed by atoms with van der Waals surface area (Å²) in [6.07, 6.45) is 4.24. The minimum atomic E-state index is -0.923. The number of imidazole rings is 1. The van der Waals surface area contributed by atoms with Crippen LogP contribution in [0, 0.1) is 0 Å². The smallest absolute Gasteiger partial charge is 0.160 e. The summed E-state index contributed by atoms with van der Waals surface area (Å²) >= 11 is 0. The van der Waals surface area contributed by atoms with Crippen LogP contribution in [0.3, 0.4) is 0 Å². The average Bonchev–Trinajstić information content (AvgIpc) is 3.17. The molecule has 0 fully saturated rings. The third-order valence-electron chi connectivity index (χ3n) is 4.15. The maximum Gasteiger partial charge on any atom is 0.160 e. The summed E-state index contributed by atoms with van der Waals surface area (Å²) in [5, 5.41) is 26.3. The number of rotatable bonds is 4. The molecule has 4 heterocycles. The highest BCUT2D eigenvalue weighted by Crippen LogP contribution is 2.20. The van der Waals surface area contributed by atoms with E-state index in [0.29, 0.717) is 6.42 Å². The molecule has 128 valence electrons. The number of hydrogen-bond acceptors (Lipinski definition) is 6. The van der Waals surface area contributed by atoms with Gasteiger partial charge in [-0.3, -0.25) is 4.40 Å². The highest BCUT2D eigenvalue weighted by Gasteiger charge is 2.18. The number of aliphatic hydroxyl groups is 1. The highest BCUT2D eigenvalue weighted by atomic mass is 16.3. The first kappa shape index (κ1) is 15.5. The first-order valence-corrected chi connectivity index (χ1v) is 8.03. The lowest BCUT2D eigenvalue weighted by molar-refractivity contribution is 0.0781. The van der Waals surface area contributed by atoms with Gasteiger partial charge < -0.3 is 10.4 Å². The summed E-state index contributed by atoms with van der Waals surface area (Å²) in [6.45, 7) is 3.51. The second-order valence-corrected chi connectivity index (χ2v) is 6.50. The van der Waals surface area contributed by atoms with Crippen molar-refractivity contribution in [1.82, 2.24) is 29.2 Å². The zero-order valence-electron chi connectivity index (χ0n) is 14.3. The van der Waals surface area contributed by atoms with Gasteiger partial charge in [0.15, 0.2) is 11.3 Å². The molecule has 0 saturated heterocycles. The number of nitrogens with zero attached hydrogens (tertiary/aromatic N) is 6. The van der Waals surface area contributed by atoms with Crippen molar-refractivity contribution in [1.29, 1.82) is 0 Å². The number of nitrogens with one attached hydrogen (secondary N) is 1. The Morgan fingerprint density at radius 1 is 1.08 bits per heavy atom. The zero-order chi connectivity index (χ0) is 17.6. The molecule has 4 aromatic heterocycles. The molecule has 0 spiro atoms.